The SMILES string of the molecule is COC(=O)C(CCCCN(CC(=O)c1ccco1)C(=O)C(F)(F)F)NC(=O)C(F)(F)F. The van der Waals surface area contributed by atoms with E-state index >= 15 is 0 Å². The third kappa shape index (κ3) is 8.30. The maximum absolute atomic E-state index is 12.8. The van der Waals surface area contributed by atoms with Crippen molar-refractivity contribution in [3.05, 3.63) is 24.2 Å². The van der Waals surface area contributed by atoms with E-state index in [1.54, 1.807) is 0 Å². The molecule has 31 heavy (non-hydrogen) atoms. The number of esters is 1. The molecular formula is C17H18F6N2O6. The summed E-state index contributed by atoms with van der Waals surface area (Å²) in [6.45, 7) is -1.54. The molecule has 0 saturated heterocycles. The van der Waals surface area contributed by atoms with Crippen LogP contribution in [-0.4, -0.2) is 67.1 Å². The van der Waals surface area contributed by atoms with E-state index in [1.165, 1.54) is 17.4 Å². The van der Waals surface area contributed by atoms with Crippen LogP contribution < -0.4 is 5.32 Å². The Kier molecular flexibility index (Phi) is 9.06. The number of alkyl halides is 6. The highest BCUT2D eigenvalue weighted by molar-refractivity contribution is 5.97. The van der Waals surface area contributed by atoms with E-state index in [0.717, 1.165) is 13.4 Å². The molecule has 0 bridgehead atoms. The number of nitrogens with zero attached hydrogens (tertiary/aromatic N) is 1. The van der Waals surface area contributed by atoms with Crippen LogP contribution in [0.5, 0.6) is 0 Å². The van der Waals surface area contributed by atoms with Crippen LogP contribution in [0.25, 0.3) is 0 Å². The summed E-state index contributed by atoms with van der Waals surface area (Å²) < 4.78 is 84.5. The quantitative estimate of drug-likeness (QED) is 0.249. The van der Waals surface area contributed by atoms with Crippen LogP contribution in [0, 0.1) is 0 Å². The van der Waals surface area contributed by atoms with Gasteiger partial charge >= 0.3 is 30.1 Å². The standard InChI is InChI=1S/C17H18F6N2O6/c1-30-13(27)10(24-14(28)16(18,19)20)5-2-3-7-25(15(29)17(21,22)23)9-11(26)12-6-4-8-31-12/h4,6,8,10H,2-3,5,7,9H2,1H3,(H,24,28). The normalized spacial score (nSPS) is 12.7. The lowest BCUT2D eigenvalue weighted by Gasteiger charge is -2.23. The molecule has 1 heterocycles. The number of Topliss-reactive ketones (excluding diaryl/α,β-unsaturated/α-hetero) is 1. The number of rotatable bonds is 10. The van der Waals surface area contributed by atoms with E-state index in [2.05, 4.69) is 4.74 Å². The lowest BCUT2D eigenvalue weighted by atomic mass is 10.1. The van der Waals surface area contributed by atoms with Crippen molar-refractivity contribution in [1.82, 2.24) is 10.2 Å². The maximum Gasteiger partial charge on any atom is 0.471 e. The molecule has 0 aromatic carbocycles. The monoisotopic (exact) mass is 460 g/mol. The van der Waals surface area contributed by atoms with Crippen molar-refractivity contribution in [2.45, 2.75) is 37.7 Å². The molecule has 0 saturated carbocycles. The molecule has 1 aromatic rings. The van der Waals surface area contributed by atoms with Gasteiger partial charge in [-0.3, -0.25) is 14.4 Å². The van der Waals surface area contributed by atoms with Crippen LogP contribution in [0.15, 0.2) is 22.8 Å². The van der Waals surface area contributed by atoms with Crippen molar-refractivity contribution in [2.75, 3.05) is 20.2 Å². The van der Waals surface area contributed by atoms with Crippen molar-refractivity contribution in [2.24, 2.45) is 0 Å². The van der Waals surface area contributed by atoms with E-state index < -0.39 is 61.5 Å². The average molecular weight is 460 g/mol. The molecule has 1 atom stereocenters. The van der Waals surface area contributed by atoms with Gasteiger partial charge in [-0.1, -0.05) is 0 Å². The van der Waals surface area contributed by atoms with Crippen molar-refractivity contribution in [1.29, 1.82) is 0 Å². The molecular weight excluding hydrogens is 442 g/mol. The van der Waals surface area contributed by atoms with E-state index in [9.17, 15) is 45.5 Å². The third-order valence-corrected chi connectivity index (χ3v) is 3.88. The second kappa shape index (κ2) is 10.8. The number of hydrogen-bond donors (Lipinski definition) is 1. The van der Waals surface area contributed by atoms with Gasteiger partial charge in [0.15, 0.2) is 5.76 Å². The molecule has 8 nitrogen and oxygen atoms in total. The van der Waals surface area contributed by atoms with Crippen LogP contribution in [0.1, 0.15) is 29.8 Å². The number of hydrogen-bond acceptors (Lipinski definition) is 6. The molecule has 1 unspecified atom stereocenters. The molecule has 0 aliphatic heterocycles. The number of amides is 2. The second-order valence-corrected chi connectivity index (χ2v) is 6.17. The summed E-state index contributed by atoms with van der Waals surface area (Å²) in [4.78, 5) is 46.3. The first-order valence-corrected chi connectivity index (χ1v) is 8.65. The van der Waals surface area contributed by atoms with E-state index in [4.69, 9.17) is 4.42 Å². The summed E-state index contributed by atoms with van der Waals surface area (Å²) >= 11 is 0. The Bertz CT molecular complexity index is 775. The largest absolute Gasteiger partial charge is 0.471 e. The van der Waals surface area contributed by atoms with E-state index in [0.29, 0.717) is 0 Å². The van der Waals surface area contributed by atoms with Crippen LogP contribution >= 0.6 is 0 Å². The number of unbranched alkanes of at least 4 members (excludes halogenated alkanes) is 1. The number of methoxy groups -OCH3 is 1. The Morgan fingerprint density at radius 2 is 1.74 bits per heavy atom. The summed E-state index contributed by atoms with van der Waals surface area (Å²) in [5, 5.41) is 1.43. The fraction of sp³-hybridized carbons (Fsp3) is 0.529. The summed E-state index contributed by atoms with van der Waals surface area (Å²) in [5.74, 6) is -7.02. The van der Waals surface area contributed by atoms with Gasteiger partial charge in [-0.25, -0.2) is 4.79 Å². The third-order valence-electron chi connectivity index (χ3n) is 3.88. The van der Waals surface area contributed by atoms with Crippen molar-refractivity contribution >= 4 is 23.6 Å². The number of ketones is 1. The zero-order valence-corrected chi connectivity index (χ0v) is 16.0. The Morgan fingerprint density at radius 1 is 1.10 bits per heavy atom. The fourth-order valence-corrected chi connectivity index (χ4v) is 2.40. The van der Waals surface area contributed by atoms with Crippen LogP contribution in [0.3, 0.4) is 0 Å². The minimum absolute atomic E-state index is 0.172. The number of ether oxygens (including phenoxy) is 1. The molecule has 0 fully saturated rings. The molecule has 0 radical (unpaired) electrons. The van der Waals surface area contributed by atoms with E-state index in [-0.39, 0.29) is 23.5 Å². The first-order chi connectivity index (χ1) is 14.3. The summed E-state index contributed by atoms with van der Waals surface area (Å²) in [5.41, 5.74) is 0. The highest BCUT2D eigenvalue weighted by atomic mass is 19.4. The molecule has 0 aliphatic carbocycles. The number of carbonyl (C=O) groups is 4. The molecule has 14 heteroatoms. The van der Waals surface area contributed by atoms with Gasteiger partial charge in [-0.15, -0.1) is 0 Å². The number of furan rings is 1. The topological polar surface area (TPSA) is 106 Å². The molecule has 174 valence electrons. The van der Waals surface area contributed by atoms with Gasteiger partial charge in [0, 0.05) is 6.54 Å². The van der Waals surface area contributed by atoms with Crippen LogP contribution in [0.2, 0.25) is 0 Å². The zero-order valence-electron chi connectivity index (χ0n) is 16.0. The average Bonchev–Trinajstić information content (AvgIpc) is 3.21. The predicted octanol–water partition coefficient (Wildman–Crippen LogP) is 2.24. The lowest BCUT2D eigenvalue weighted by Crippen LogP contribution is -2.47. The van der Waals surface area contributed by atoms with Crippen LogP contribution in [-0.2, 0) is 19.1 Å². The lowest BCUT2D eigenvalue weighted by molar-refractivity contribution is -0.185. The molecule has 1 N–H and O–H groups in total. The van der Waals surface area contributed by atoms with Gasteiger partial charge in [0.1, 0.15) is 6.04 Å². The van der Waals surface area contributed by atoms with Crippen molar-refractivity contribution in [3.63, 3.8) is 0 Å². The number of carbonyl (C=O) groups excluding carboxylic acids is 4. The van der Waals surface area contributed by atoms with Gasteiger partial charge in [0.05, 0.1) is 19.9 Å². The zero-order chi connectivity index (χ0) is 23.8. The first kappa shape index (κ1) is 26.0. The number of halogens is 6. The maximum atomic E-state index is 12.8. The highest BCUT2D eigenvalue weighted by Gasteiger charge is 2.43. The Balaban J connectivity index is 2.73. The van der Waals surface area contributed by atoms with Crippen molar-refractivity contribution < 1.29 is 54.7 Å². The minimum atomic E-state index is -5.27. The molecule has 0 aliphatic rings. The van der Waals surface area contributed by atoms with Gasteiger partial charge in [0.2, 0.25) is 5.78 Å². The molecule has 1 aromatic heterocycles. The second-order valence-electron chi connectivity index (χ2n) is 6.17. The minimum Gasteiger partial charge on any atom is -0.467 e. The fourth-order valence-electron chi connectivity index (χ4n) is 2.40. The van der Waals surface area contributed by atoms with E-state index in [1.807, 2.05) is 0 Å². The number of nitrogens with one attached hydrogen (secondary N) is 1. The van der Waals surface area contributed by atoms with Gasteiger partial charge in [-0.05, 0) is 31.4 Å². The first-order valence-electron chi connectivity index (χ1n) is 8.65. The summed E-state index contributed by atoms with van der Waals surface area (Å²) in [7, 11) is 0.874. The molecule has 1 rings (SSSR count). The van der Waals surface area contributed by atoms with Crippen LogP contribution in [0.4, 0.5) is 26.3 Å². The summed E-state index contributed by atoms with van der Waals surface area (Å²) in [6.07, 6.45) is -10.2. The van der Waals surface area contributed by atoms with Gasteiger partial charge < -0.3 is 19.4 Å². The molecule has 2 amide bonds. The summed E-state index contributed by atoms with van der Waals surface area (Å²) in [6, 6.07) is 0.824. The molecule has 0 spiro atoms. The predicted molar refractivity (Wildman–Crippen MR) is 89.5 cm³/mol. The smallest absolute Gasteiger partial charge is 0.467 e. The Hall–Kier alpha value is -3.06. The van der Waals surface area contributed by atoms with Gasteiger partial charge in [0.25, 0.3) is 0 Å². The Morgan fingerprint density at radius 3 is 2.23 bits per heavy atom. The Labute approximate surface area is 171 Å². The highest BCUT2D eigenvalue weighted by Crippen LogP contribution is 2.20. The van der Waals surface area contributed by atoms with Crippen molar-refractivity contribution in [3.8, 4) is 0 Å². The van der Waals surface area contributed by atoms with Gasteiger partial charge in [-0.2, -0.15) is 26.3 Å².